The molecule has 2 aromatic carbocycles. The quantitative estimate of drug-likeness (QED) is 0.710. The maximum atomic E-state index is 14.0. The van der Waals surface area contributed by atoms with E-state index >= 15 is 0 Å². The summed E-state index contributed by atoms with van der Waals surface area (Å²) in [7, 11) is 0. The minimum atomic E-state index is -0.640. The van der Waals surface area contributed by atoms with Crippen LogP contribution in [0.1, 0.15) is 25.3 Å². The van der Waals surface area contributed by atoms with Gasteiger partial charge >= 0.3 is 0 Å². The maximum absolute atomic E-state index is 14.0. The summed E-state index contributed by atoms with van der Waals surface area (Å²) in [6, 6.07) is 6.83. The molecule has 2 aliphatic rings. The first-order valence-corrected chi connectivity index (χ1v) is 9.48. The van der Waals surface area contributed by atoms with E-state index in [-0.39, 0.29) is 29.4 Å². The molecule has 2 aromatic rings. The summed E-state index contributed by atoms with van der Waals surface area (Å²) in [6.45, 7) is 2.00. The highest BCUT2D eigenvalue weighted by atomic mass is 79.9. The molecular formula is C20H18BrF2NO2. The second kappa shape index (κ2) is 6.65. The van der Waals surface area contributed by atoms with Gasteiger partial charge in [-0.3, -0.25) is 4.79 Å². The number of fused-ring (bicyclic) bond motifs is 1. The van der Waals surface area contributed by atoms with Crippen molar-refractivity contribution in [3.05, 3.63) is 52.0 Å². The maximum Gasteiger partial charge on any atom is 0.166 e. The van der Waals surface area contributed by atoms with Gasteiger partial charge < -0.3 is 10.1 Å². The van der Waals surface area contributed by atoms with Crippen LogP contribution in [0.25, 0.3) is 0 Å². The molecule has 0 bridgehead atoms. The molecule has 26 heavy (non-hydrogen) atoms. The summed E-state index contributed by atoms with van der Waals surface area (Å²) in [4.78, 5) is 12.6. The van der Waals surface area contributed by atoms with E-state index in [1.54, 1.807) is 6.07 Å². The van der Waals surface area contributed by atoms with Crippen LogP contribution in [0, 0.1) is 23.5 Å². The van der Waals surface area contributed by atoms with Crippen LogP contribution in [-0.4, -0.2) is 11.8 Å². The van der Waals surface area contributed by atoms with Crippen molar-refractivity contribution in [3.63, 3.8) is 0 Å². The van der Waals surface area contributed by atoms with Gasteiger partial charge in [0.05, 0.1) is 4.47 Å². The average Bonchev–Trinajstić information content (AvgIpc) is 3.44. The highest BCUT2D eigenvalue weighted by Gasteiger charge is 2.40. The number of carbonyl (C=O) groups is 1. The highest BCUT2D eigenvalue weighted by molar-refractivity contribution is 9.10. The van der Waals surface area contributed by atoms with Crippen LogP contribution in [0.5, 0.6) is 11.5 Å². The van der Waals surface area contributed by atoms with E-state index in [0.29, 0.717) is 16.6 Å². The summed E-state index contributed by atoms with van der Waals surface area (Å²) in [5.74, 6) is -0.678. The van der Waals surface area contributed by atoms with Crippen LogP contribution >= 0.6 is 15.9 Å². The molecule has 136 valence electrons. The Kier molecular flexibility index (Phi) is 4.47. The van der Waals surface area contributed by atoms with E-state index < -0.39 is 11.6 Å². The first-order valence-electron chi connectivity index (χ1n) is 8.68. The number of Topliss-reactive ketones (excluding diaryl/α,β-unsaturated/α-hetero) is 1. The van der Waals surface area contributed by atoms with Crippen molar-refractivity contribution in [3.8, 4) is 11.5 Å². The standard InChI is InChI=1S/C20H18BrF2NO2/c1-10-13(19(25)11-2-3-11)9-14-17(24-10)7-5-15(21)20(14)26-18-8-12(22)4-6-16(18)23/h4-8,10-11,13,24H,2-3,9H2,1H3/t10-,13?/m0/s1. The van der Waals surface area contributed by atoms with Gasteiger partial charge in [0.25, 0.3) is 0 Å². The number of rotatable bonds is 4. The first kappa shape index (κ1) is 17.5. The molecule has 1 saturated carbocycles. The number of nitrogens with one attached hydrogen (secondary N) is 1. The molecule has 0 spiro atoms. The Morgan fingerprint density at radius 3 is 2.73 bits per heavy atom. The fraction of sp³-hybridized carbons (Fsp3) is 0.350. The minimum Gasteiger partial charge on any atom is -0.453 e. The molecule has 4 rings (SSSR count). The fourth-order valence-corrected chi connectivity index (χ4v) is 3.93. The van der Waals surface area contributed by atoms with E-state index in [9.17, 15) is 13.6 Å². The van der Waals surface area contributed by atoms with Crippen molar-refractivity contribution in [1.82, 2.24) is 0 Å². The zero-order valence-corrected chi connectivity index (χ0v) is 15.8. The highest BCUT2D eigenvalue weighted by Crippen LogP contribution is 2.44. The number of hydrogen-bond acceptors (Lipinski definition) is 3. The Bertz CT molecular complexity index is 882. The van der Waals surface area contributed by atoms with E-state index in [4.69, 9.17) is 4.74 Å². The van der Waals surface area contributed by atoms with Crippen LogP contribution in [0.3, 0.4) is 0 Å². The van der Waals surface area contributed by atoms with Gasteiger partial charge in [0.15, 0.2) is 11.6 Å². The van der Waals surface area contributed by atoms with Gasteiger partial charge in [-0.15, -0.1) is 0 Å². The lowest BCUT2D eigenvalue weighted by atomic mass is 9.83. The second-order valence-corrected chi connectivity index (χ2v) is 7.85. The minimum absolute atomic E-state index is 0.0236. The lowest BCUT2D eigenvalue weighted by Crippen LogP contribution is -2.38. The molecule has 0 aromatic heterocycles. The van der Waals surface area contributed by atoms with Crippen LogP contribution in [0.2, 0.25) is 0 Å². The number of hydrogen-bond donors (Lipinski definition) is 1. The van der Waals surface area contributed by atoms with Crippen LogP contribution < -0.4 is 10.1 Å². The molecule has 2 atom stereocenters. The second-order valence-electron chi connectivity index (χ2n) is 7.00. The number of halogens is 3. The van der Waals surface area contributed by atoms with Gasteiger partial charge in [-0.05, 0) is 66.4 Å². The van der Waals surface area contributed by atoms with E-state index in [2.05, 4.69) is 21.2 Å². The van der Waals surface area contributed by atoms with E-state index in [0.717, 1.165) is 42.3 Å². The normalized spacial score (nSPS) is 21.7. The SMILES string of the molecule is C[C@@H]1Nc2ccc(Br)c(Oc3cc(F)ccc3F)c2CC1C(=O)C1CC1. The monoisotopic (exact) mass is 421 g/mol. The van der Waals surface area contributed by atoms with Crippen LogP contribution in [-0.2, 0) is 11.2 Å². The Labute approximate surface area is 158 Å². The molecule has 1 N–H and O–H groups in total. The summed E-state index contributed by atoms with van der Waals surface area (Å²) in [5.41, 5.74) is 1.66. The lowest BCUT2D eigenvalue weighted by Gasteiger charge is -2.33. The third-order valence-corrected chi connectivity index (χ3v) is 5.70. The largest absolute Gasteiger partial charge is 0.453 e. The van der Waals surface area contributed by atoms with Gasteiger partial charge in [0.2, 0.25) is 0 Å². The van der Waals surface area contributed by atoms with Gasteiger partial charge in [0.1, 0.15) is 17.3 Å². The number of ketones is 1. The topological polar surface area (TPSA) is 38.3 Å². The molecule has 1 aliphatic carbocycles. The molecule has 1 unspecified atom stereocenters. The third kappa shape index (κ3) is 3.22. The molecule has 1 aliphatic heterocycles. The van der Waals surface area contributed by atoms with Gasteiger partial charge in [-0.25, -0.2) is 8.78 Å². The van der Waals surface area contributed by atoms with Crippen LogP contribution in [0.4, 0.5) is 14.5 Å². The zero-order valence-electron chi connectivity index (χ0n) is 14.2. The molecule has 0 amide bonds. The molecule has 3 nitrogen and oxygen atoms in total. The van der Waals surface area contributed by atoms with Crippen molar-refractivity contribution >= 4 is 27.4 Å². The molecule has 0 radical (unpaired) electrons. The number of carbonyl (C=O) groups excluding carboxylic acids is 1. The zero-order chi connectivity index (χ0) is 18.4. The molecule has 0 saturated heterocycles. The molecule has 1 fully saturated rings. The fourth-order valence-electron chi connectivity index (χ4n) is 3.47. The Balaban J connectivity index is 1.71. The molecule has 6 heteroatoms. The first-order chi connectivity index (χ1) is 12.4. The number of ether oxygens (including phenoxy) is 1. The molecular weight excluding hydrogens is 404 g/mol. The van der Waals surface area contributed by atoms with Gasteiger partial charge in [-0.2, -0.15) is 0 Å². The van der Waals surface area contributed by atoms with E-state index in [1.165, 1.54) is 0 Å². The average molecular weight is 422 g/mol. The van der Waals surface area contributed by atoms with Crippen molar-refractivity contribution in [2.75, 3.05) is 5.32 Å². The number of benzene rings is 2. The predicted octanol–water partition coefficient (Wildman–Crippen LogP) is 5.47. The van der Waals surface area contributed by atoms with E-state index in [1.807, 2.05) is 13.0 Å². The van der Waals surface area contributed by atoms with Gasteiger partial charge in [-0.1, -0.05) is 0 Å². The Morgan fingerprint density at radius 1 is 1.23 bits per heavy atom. The van der Waals surface area contributed by atoms with Crippen molar-refractivity contribution < 1.29 is 18.3 Å². The van der Waals surface area contributed by atoms with Crippen molar-refractivity contribution in [2.45, 2.75) is 32.2 Å². The summed E-state index contributed by atoms with van der Waals surface area (Å²) in [6.07, 6.45) is 2.45. The van der Waals surface area contributed by atoms with Crippen molar-refractivity contribution in [1.29, 1.82) is 0 Å². The van der Waals surface area contributed by atoms with Gasteiger partial charge in [0, 0.05) is 35.2 Å². The summed E-state index contributed by atoms with van der Waals surface area (Å²) in [5, 5.41) is 3.36. The third-order valence-electron chi connectivity index (χ3n) is 5.07. The summed E-state index contributed by atoms with van der Waals surface area (Å²) >= 11 is 3.44. The van der Waals surface area contributed by atoms with Crippen LogP contribution in [0.15, 0.2) is 34.8 Å². The summed E-state index contributed by atoms with van der Waals surface area (Å²) < 4.78 is 33.9. The lowest BCUT2D eigenvalue weighted by molar-refractivity contribution is -0.124. The smallest absolute Gasteiger partial charge is 0.166 e. The van der Waals surface area contributed by atoms with Crippen molar-refractivity contribution in [2.24, 2.45) is 11.8 Å². The number of anilines is 1. The Morgan fingerprint density at radius 2 is 2.00 bits per heavy atom. The predicted molar refractivity (Wildman–Crippen MR) is 98.6 cm³/mol. The molecule has 1 heterocycles. The Hall–Kier alpha value is -1.95.